The van der Waals surface area contributed by atoms with Crippen molar-refractivity contribution < 1.29 is 0 Å². The summed E-state index contributed by atoms with van der Waals surface area (Å²) in [5.41, 5.74) is 1.48. The van der Waals surface area contributed by atoms with E-state index in [4.69, 9.17) is 12.2 Å². The Morgan fingerprint density at radius 1 is 1.21 bits per heavy atom. The minimum absolute atomic E-state index is 0.706. The highest BCUT2D eigenvalue weighted by Crippen LogP contribution is 2.36. The number of likely N-dealkylation sites (tertiary alicyclic amines) is 1. The van der Waals surface area contributed by atoms with Crippen molar-refractivity contribution >= 4 is 12.2 Å². The number of hydrogen-bond donors (Lipinski definition) is 0. The predicted octanol–water partition coefficient (Wildman–Crippen LogP) is 3.83. The standard InChI is InChI=1S/C16H24N2S/c1-2-3-4-8-17-10-13-9-14(12-17)15-6-5-7-16(19)18(15)11-13/h5-7,13-14H,2-4,8-12H2,1H3/t13-,14+/m0/s1. The van der Waals surface area contributed by atoms with Crippen LogP contribution in [0.25, 0.3) is 0 Å². The highest BCUT2D eigenvalue weighted by molar-refractivity contribution is 7.71. The Morgan fingerprint density at radius 3 is 2.95 bits per heavy atom. The number of rotatable bonds is 4. The summed E-state index contributed by atoms with van der Waals surface area (Å²) in [7, 11) is 0. The fraction of sp³-hybridized carbons (Fsp3) is 0.688. The fourth-order valence-electron chi connectivity index (χ4n) is 3.76. The lowest BCUT2D eigenvalue weighted by Crippen LogP contribution is -2.45. The third kappa shape index (κ3) is 2.77. The lowest BCUT2D eigenvalue weighted by Gasteiger charge is -2.43. The molecule has 0 radical (unpaired) electrons. The molecule has 19 heavy (non-hydrogen) atoms. The highest BCUT2D eigenvalue weighted by Gasteiger charge is 2.33. The van der Waals surface area contributed by atoms with E-state index in [9.17, 15) is 0 Å². The second-order valence-electron chi connectivity index (χ2n) is 6.16. The van der Waals surface area contributed by atoms with Crippen LogP contribution in [-0.2, 0) is 6.54 Å². The van der Waals surface area contributed by atoms with Crippen molar-refractivity contribution in [3.8, 4) is 0 Å². The molecule has 2 bridgehead atoms. The highest BCUT2D eigenvalue weighted by atomic mass is 32.1. The molecule has 3 rings (SSSR count). The van der Waals surface area contributed by atoms with Gasteiger partial charge < -0.3 is 9.47 Å². The van der Waals surface area contributed by atoms with Crippen molar-refractivity contribution in [3.63, 3.8) is 0 Å². The van der Waals surface area contributed by atoms with Gasteiger partial charge in [0.05, 0.1) is 0 Å². The van der Waals surface area contributed by atoms with Gasteiger partial charge in [-0.05, 0) is 37.4 Å². The molecule has 0 amide bonds. The molecule has 2 nitrogen and oxygen atoms in total. The summed E-state index contributed by atoms with van der Waals surface area (Å²) in [6.07, 6.45) is 5.41. The van der Waals surface area contributed by atoms with Gasteiger partial charge in [0.1, 0.15) is 4.64 Å². The van der Waals surface area contributed by atoms with Crippen LogP contribution in [-0.4, -0.2) is 29.1 Å². The summed E-state index contributed by atoms with van der Waals surface area (Å²) in [5, 5.41) is 0. The SMILES string of the molecule is CCCCCN1C[C@@H]2C[C@H](C1)c1cccc(=S)n1C2. The van der Waals surface area contributed by atoms with E-state index in [1.165, 1.54) is 51.0 Å². The fourth-order valence-corrected chi connectivity index (χ4v) is 4.02. The Kier molecular flexibility index (Phi) is 4.04. The first-order valence-electron chi connectivity index (χ1n) is 7.70. The van der Waals surface area contributed by atoms with E-state index in [2.05, 4.69) is 34.6 Å². The maximum absolute atomic E-state index is 5.48. The summed E-state index contributed by atoms with van der Waals surface area (Å²) in [5.74, 6) is 1.51. The molecule has 2 atom stereocenters. The lowest BCUT2D eigenvalue weighted by atomic mass is 9.83. The third-order valence-electron chi connectivity index (χ3n) is 4.63. The number of pyridine rings is 1. The van der Waals surface area contributed by atoms with E-state index in [1.807, 2.05) is 0 Å². The Morgan fingerprint density at radius 2 is 2.11 bits per heavy atom. The second-order valence-corrected chi connectivity index (χ2v) is 6.58. The van der Waals surface area contributed by atoms with Crippen LogP contribution in [0.3, 0.4) is 0 Å². The van der Waals surface area contributed by atoms with Gasteiger partial charge in [0, 0.05) is 31.2 Å². The lowest BCUT2D eigenvalue weighted by molar-refractivity contribution is 0.119. The topological polar surface area (TPSA) is 8.17 Å². The van der Waals surface area contributed by atoms with Gasteiger partial charge in [-0.15, -0.1) is 0 Å². The van der Waals surface area contributed by atoms with Crippen LogP contribution in [0.1, 0.15) is 44.2 Å². The summed E-state index contributed by atoms with van der Waals surface area (Å²) in [6, 6.07) is 6.48. The van der Waals surface area contributed by atoms with Gasteiger partial charge in [-0.3, -0.25) is 0 Å². The average Bonchev–Trinajstić information content (AvgIpc) is 2.40. The van der Waals surface area contributed by atoms with E-state index in [0.29, 0.717) is 5.92 Å². The Labute approximate surface area is 121 Å². The zero-order chi connectivity index (χ0) is 13.2. The summed E-state index contributed by atoms with van der Waals surface area (Å²) in [4.78, 5) is 2.69. The number of unbranched alkanes of at least 4 members (excludes halogenated alkanes) is 2. The normalized spacial score (nSPS) is 26.2. The molecule has 0 saturated carbocycles. The van der Waals surface area contributed by atoms with E-state index >= 15 is 0 Å². The van der Waals surface area contributed by atoms with Gasteiger partial charge >= 0.3 is 0 Å². The molecule has 1 aromatic rings. The molecular formula is C16H24N2S. The quantitative estimate of drug-likeness (QED) is 0.610. The average molecular weight is 276 g/mol. The van der Waals surface area contributed by atoms with Gasteiger partial charge in [-0.25, -0.2) is 0 Å². The van der Waals surface area contributed by atoms with Crippen molar-refractivity contribution in [1.82, 2.24) is 9.47 Å². The monoisotopic (exact) mass is 276 g/mol. The number of piperidine rings is 1. The number of fused-ring (bicyclic) bond motifs is 4. The first-order valence-corrected chi connectivity index (χ1v) is 8.11. The van der Waals surface area contributed by atoms with Gasteiger partial charge in [0.15, 0.2) is 0 Å². The van der Waals surface area contributed by atoms with Crippen molar-refractivity contribution in [2.24, 2.45) is 5.92 Å². The first-order chi connectivity index (χ1) is 9.28. The van der Waals surface area contributed by atoms with Crippen LogP contribution in [0.5, 0.6) is 0 Å². The van der Waals surface area contributed by atoms with E-state index < -0.39 is 0 Å². The Hall–Kier alpha value is -0.670. The smallest absolute Gasteiger partial charge is 0.106 e. The second kappa shape index (κ2) is 5.76. The molecule has 0 aromatic carbocycles. The molecule has 0 spiro atoms. The van der Waals surface area contributed by atoms with Crippen molar-refractivity contribution in [2.45, 2.75) is 45.1 Å². The van der Waals surface area contributed by atoms with Crippen LogP contribution in [0.4, 0.5) is 0 Å². The van der Waals surface area contributed by atoms with Crippen LogP contribution in [0.15, 0.2) is 18.2 Å². The van der Waals surface area contributed by atoms with Gasteiger partial charge in [0.2, 0.25) is 0 Å². The number of nitrogens with zero attached hydrogens (tertiary/aromatic N) is 2. The van der Waals surface area contributed by atoms with Crippen molar-refractivity contribution in [3.05, 3.63) is 28.5 Å². The molecule has 104 valence electrons. The summed E-state index contributed by atoms with van der Waals surface area (Å²) in [6.45, 7) is 7.21. The largest absolute Gasteiger partial charge is 0.336 e. The van der Waals surface area contributed by atoms with Crippen molar-refractivity contribution in [2.75, 3.05) is 19.6 Å². The molecule has 0 N–H and O–H groups in total. The van der Waals surface area contributed by atoms with Gasteiger partial charge in [-0.2, -0.15) is 0 Å². The third-order valence-corrected chi connectivity index (χ3v) is 4.99. The van der Waals surface area contributed by atoms with E-state index in [0.717, 1.165) is 17.1 Å². The maximum Gasteiger partial charge on any atom is 0.106 e. The van der Waals surface area contributed by atoms with Crippen LogP contribution in [0.2, 0.25) is 0 Å². The number of aromatic nitrogens is 1. The molecule has 0 unspecified atom stereocenters. The zero-order valence-electron chi connectivity index (χ0n) is 11.8. The molecular weight excluding hydrogens is 252 g/mol. The minimum atomic E-state index is 0.706. The van der Waals surface area contributed by atoms with Crippen molar-refractivity contribution in [1.29, 1.82) is 0 Å². The summed E-state index contributed by atoms with van der Waals surface area (Å²) < 4.78 is 3.41. The molecule has 2 aliphatic rings. The Bertz CT molecular complexity index is 494. The zero-order valence-corrected chi connectivity index (χ0v) is 12.7. The molecule has 0 aliphatic carbocycles. The van der Waals surface area contributed by atoms with Crippen LogP contribution >= 0.6 is 12.2 Å². The van der Waals surface area contributed by atoms with E-state index in [-0.39, 0.29) is 0 Å². The summed E-state index contributed by atoms with van der Waals surface area (Å²) >= 11 is 5.48. The van der Waals surface area contributed by atoms with E-state index in [1.54, 1.807) is 0 Å². The van der Waals surface area contributed by atoms with Crippen LogP contribution < -0.4 is 0 Å². The van der Waals surface area contributed by atoms with Crippen LogP contribution in [0, 0.1) is 10.6 Å². The van der Waals surface area contributed by atoms with Gasteiger partial charge in [-0.1, -0.05) is 38.0 Å². The first kappa shape index (κ1) is 13.3. The molecule has 1 fully saturated rings. The molecule has 1 saturated heterocycles. The minimum Gasteiger partial charge on any atom is -0.336 e. The molecule has 3 heteroatoms. The number of hydrogen-bond acceptors (Lipinski definition) is 2. The molecule has 3 heterocycles. The molecule has 2 aliphatic heterocycles. The predicted molar refractivity (Wildman–Crippen MR) is 82.1 cm³/mol. The van der Waals surface area contributed by atoms with Gasteiger partial charge in [0.25, 0.3) is 0 Å². The maximum atomic E-state index is 5.48. The Balaban J connectivity index is 1.74. The molecule has 1 aromatic heterocycles.